The molecule has 3 aromatic rings. The Bertz CT molecular complexity index is 916. The van der Waals surface area contributed by atoms with Gasteiger partial charge in [-0.1, -0.05) is 18.2 Å². The average molecular weight is 339 g/mol. The first kappa shape index (κ1) is 16.5. The summed E-state index contributed by atoms with van der Waals surface area (Å²) in [5.74, 6) is 0.808. The number of hydrogen-bond donors (Lipinski definition) is 2. The quantitative estimate of drug-likeness (QED) is 0.716. The summed E-state index contributed by atoms with van der Waals surface area (Å²) in [5, 5.41) is 2.76. The molecule has 0 aliphatic rings. The minimum absolute atomic E-state index is 0.0372. The molecule has 0 spiro atoms. The average Bonchev–Trinajstić information content (AvgIpc) is 3.16. The number of H-pyrrole nitrogens is 1. The van der Waals surface area contributed by atoms with E-state index in [-0.39, 0.29) is 5.69 Å². The number of nitrogens with zero attached hydrogens (tertiary/aromatic N) is 1. The van der Waals surface area contributed by atoms with Gasteiger partial charge in [-0.3, -0.25) is 4.79 Å². The molecule has 0 unspecified atom stereocenters. The Kier molecular flexibility index (Phi) is 4.94. The summed E-state index contributed by atoms with van der Waals surface area (Å²) in [5.41, 5.74) is 0.819. The molecule has 0 saturated heterocycles. The number of methoxy groups -OCH3 is 1. The summed E-state index contributed by atoms with van der Waals surface area (Å²) in [6.07, 6.45) is 2.09. The maximum atomic E-state index is 12.3. The predicted octanol–water partition coefficient (Wildman–Crippen LogP) is 2.01. The van der Waals surface area contributed by atoms with Crippen LogP contribution in [-0.4, -0.2) is 29.5 Å². The first-order chi connectivity index (χ1) is 12.2. The molecule has 7 heteroatoms. The number of aromatic amines is 1. The molecule has 128 valence electrons. The lowest BCUT2D eigenvalue weighted by Crippen LogP contribution is -2.29. The van der Waals surface area contributed by atoms with Crippen molar-refractivity contribution in [3.8, 4) is 17.2 Å². The number of nitrogens with one attached hydrogen (secondary N) is 2. The van der Waals surface area contributed by atoms with Gasteiger partial charge in [-0.2, -0.15) is 4.98 Å². The number of hydrogen-bond acceptors (Lipinski definition) is 5. The standard InChI is InChI=1S/C18H17N3O4/c1-24-15-6-3-2-5-12(15)8-9-19-17(22)14-11-13(20-18(23)21-14)16-7-4-10-25-16/h2-7,10-11H,8-9H2,1H3,(H,19,22)(H,20,21,23). The molecule has 1 aromatic carbocycles. The van der Waals surface area contributed by atoms with Crippen LogP contribution in [0.15, 0.2) is 57.9 Å². The molecular weight excluding hydrogens is 322 g/mol. The van der Waals surface area contributed by atoms with Crippen molar-refractivity contribution in [2.75, 3.05) is 13.7 Å². The smallest absolute Gasteiger partial charge is 0.346 e. The highest BCUT2D eigenvalue weighted by Crippen LogP contribution is 2.18. The molecule has 0 radical (unpaired) electrons. The van der Waals surface area contributed by atoms with Gasteiger partial charge in [0.15, 0.2) is 0 Å². The Morgan fingerprint density at radius 3 is 2.88 bits per heavy atom. The number of rotatable bonds is 6. The second-order valence-electron chi connectivity index (χ2n) is 5.28. The van der Waals surface area contributed by atoms with Gasteiger partial charge in [0, 0.05) is 6.54 Å². The van der Waals surface area contributed by atoms with Crippen molar-refractivity contribution in [3.63, 3.8) is 0 Å². The fraction of sp³-hybridized carbons (Fsp3) is 0.167. The van der Waals surface area contributed by atoms with E-state index >= 15 is 0 Å². The van der Waals surface area contributed by atoms with E-state index in [2.05, 4.69) is 15.3 Å². The number of benzene rings is 1. The maximum Gasteiger partial charge on any atom is 0.346 e. The zero-order valence-electron chi connectivity index (χ0n) is 13.6. The minimum atomic E-state index is -0.608. The number of aromatic nitrogens is 2. The lowest BCUT2D eigenvalue weighted by molar-refractivity contribution is 0.0948. The van der Waals surface area contributed by atoms with E-state index in [4.69, 9.17) is 9.15 Å². The van der Waals surface area contributed by atoms with Crippen LogP contribution in [0.5, 0.6) is 5.75 Å². The fourth-order valence-corrected chi connectivity index (χ4v) is 2.45. The number of carbonyl (C=O) groups excluding carboxylic acids is 1. The number of carbonyl (C=O) groups is 1. The van der Waals surface area contributed by atoms with Gasteiger partial charge in [0.1, 0.15) is 17.2 Å². The van der Waals surface area contributed by atoms with Crippen molar-refractivity contribution in [1.82, 2.24) is 15.3 Å². The lowest BCUT2D eigenvalue weighted by Gasteiger charge is -2.09. The van der Waals surface area contributed by atoms with E-state index in [0.717, 1.165) is 11.3 Å². The van der Waals surface area contributed by atoms with Crippen molar-refractivity contribution in [3.05, 3.63) is 70.5 Å². The molecule has 2 aromatic heterocycles. The number of furan rings is 1. The second-order valence-corrected chi connectivity index (χ2v) is 5.28. The third-order valence-electron chi connectivity index (χ3n) is 3.64. The van der Waals surface area contributed by atoms with Crippen LogP contribution in [0.4, 0.5) is 0 Å². The van der Waals surface area contributed by atoms with Crippen LogP contribution in [0, 0.1) is 0 Å². The molecule has 2 heterocycles. The van der Waals surface area contributed by atoms with Gasteiger partial charge in [0.05, 0.1) is 19.1 Å². The summed E-state index contributed by atoms with van der Waals surface area (Å²) in [6, 6.07) is 12.5. The molecule has 0 fully saturated rings. The molecule has 0 aliphatic carbocycles. The highest BCUT2D eigenvalue weighted by Gasteiger charge is 2.12. The third kappa shape index (κ3) is 3.95. The van der Waals surface area contributed by atoms with Gasteiger partial charge in [0.2, 0.25) is 0 Å². The van der Waals surface area contributed by atoms with Crippen molar-refractivity contribution < 1.29 is 13.9 Å². The van der Waals surface area contributed by atoms with Crippen molar-refractivity contribution >= 4 is 5.91 Å². The Labute approximate surface area is 143 Å². The van der Waals surface area contributed by atoms with E-state index < -0.39 is 11.6 Å². The molecule has 0 saturated carbocycles. The topological polar surface area (TPSA) is 97.2 Å². The Morgan fingerprint density at radius 2 is 2.12 bits per heavy atom. The molecule has 0 atom stereocenters. The molecule has 2 N–H and O–H groups in total. The van der Waals surface area contributed by atoms with Crippen LogP contribution in [-0.2, 0) is 6.42 Å². The van der Waals surface area contributed by atoms with Crippen molar-refractivity contribution in [2.45, 2.75) is 6.42 Å². The first-order valence-corrected chi connectivity index (χ1v) is 7.72. The molecule has 7 nitrogen and oxygen atoms in total. The molecule has 3 rings (SSSR count). The molecule has 1 amide bonds. The highest BCUT2D eigenvalue weighted by molar-refractivity contribution is 5.92. The first-order valence-electron chi connectivity index (χ1n) is 7.72. The highest BCUT2D eigenvalue weighted by atomic mass is 16.5. The fourth-order valence-electron chi connectivity index (χ4n) is 2.45. The summed E-state index contributed by atoms with van der Waals surface area (Å²) >= 11 is 0. The van der Waals surface area contributed by atoms with E-state index in [1.807, 2.05) is 24.3 Å². The Balaban J connectivity index is 1.68. The van der Waals surface area contributed by atoms with Crippen LogP contribution >= 0.6 is 0 Å². The van der Waals surface area contributed by atoms with Gasteiger partial charge in [-0.25, -0.2) is 4.79 Å². The van der Waals surface area contributed by atoms with Crippen LogP contribution < -0.4 is 15.7 Å². The molecular formula is C18H17N3O4. The largest absolute Gasteiger partial charge is 0.496 e. The zero-order chi connectivity index (χ0) is 17.6. The number of ether oxygens (including phenoxy) is 1. The Hall–Kier alpha value is -3.35. The summed E-state index contributed by atoms with van der Waals surface area (Å²) in [6.45, 7) is 0.393. The maximum absolute atomic E-state index is 12.3. The predicted molar refractivity (Wildman–Crippen MR) is 91.6 cm³/mol. The van der Waals surface area contributed by atoms with Gasteiger partial charge in [-0.15, -0.1) is 0 Å². The molecule has 0 bridgehead atoms. The lowest BCUT2D eigenvalue weighted by atomic mass is 10.1. The molecule has 25 heavy (non-hydrogen) atoms. The van der Waals surface area contributed by atoms with Gasteiger partial charge in [-0.05, 0) is 36.2 Å². The monoisotopic (exact) mass is 339 g/mol. The number of para-hydroxylation sites is 1. The van der Waals surface area contributed by atoms with E-state index in [9.17, 15) is 9.59 Å². The summed E-state index contributed by atoms with van der Waals surface area (Å²) < 4.78 is 10.5. The number of amides is 1. The van der Waals surface area contributed by atoms with E-state index in [1.165, 1.54) is 12.3 Å². The van der Waals surface area contributed by atoms with E-state index in [0.29, 0.717) is 24.4 Å². The van der Waals surface area contributed by atoms with Gasteiger partial charge < -0.3 is 19.5 Å². The SMILES string of the molecule is COc1ccccc1CCNC(=O)c1cc(-c2ccco2)[nH]c(=O)n1. The zero-order valence-corrected chi connectivity index (χ0v) is 13.6. The van der Waals surface area contributed by atoms with E-state index in [1.54, 1.807) is 19.2 Å². The van der Waals surface area contributed by atoms with Crippen LogP contribution in [0.25, 0.3) is 11.5 Å². The summed E-state index contributed by atoms with van der Waals surface area (Å²) in [7, 11) is 1.60. The van der Waals surface area contributed by atoms with Crippen molar-refractivity contribution in [2.24, 2.45) is 0 Å². The minimum Gasteiger partial charge on any atom is -0.496 e. The van der Waals surface area contributed by atoms with Gasteiger partial charge >= 0.3 is 5.69 Å². The molecule has 0 aliphatic heterocycles. The van der Waals surface area contributed by atoms with Crippen LogP contribution in [0.2, 0.25) is 0 Å². The van der Waals surface area contributed by atoms with Crippen LogP contribution in [0.1, 0.15) is 16.1 Å². The Morgan fingerprint density at radius 1 is 1.28 bits per heavy atom. The van der Waals surface area contributed by atoms with Gasteiger partial charge in [0.25, 0.3) is 5.91 Å². The normalized spacial score (nSPS) is 10.4. The second kappa shape index (κ2) is 7.48. The van der Waals surface area contributed by atoms with Crippen molar-refractivity contribution in [1.29, 1.82) is 0 Å². The summed E-state index contributed by atoms with van der Waals surface area (Å²) in [4.78, 5) is 30.2. The third-order valence-corrected chi connectivity index (χ3v) is 3.64. The van der Waals surface area contributed by atoms with Crippen LogP contribution in [0.3, 0.4) is 0 Å².